The number of nitrogens with one attached hydrogen (secondary N) is 1. The Morgan fingerprint density at radius 2 is 2.12 bits per heavy atom. The van der Waals surface area contributed by atoms with Crippen molar-refractivity contribution in [3.8, 4) is 0 Å². The van der Waals surface area contributed by atoms with Crippen LogP contribution in [0, 0.1) is 5.82 Å². The van der Waals surface area contributed by atoms with Crippen molar-refractivity contribution >= 4 is 23.2 Å². The van der Waals surface area contributed by atoms with Gasteiger partial charge in [0, 0.05) is 31.5 Å². The average Bonchev–Trinajstić information content (AvgIpc) is 3.01. The van der Waals surface area contributed by atoms with Gasteiger partial charge in [0.05, 0.1) is 17.1 Å². The maximum absolute atomic E-state index is 13.5. The molecule has 2 atom stereocenters. The molecule has 8 heteroatoms. The number of fused-ring (bicyclic) bond motifs is 1. The van der Waals surface area contributed by atoms with Gasteiger partial charge in [0.15, 0.2) is 0 Å². The van der Waals surface area contributed by atoms with Crippen molar-refractivity contribution in [2.75, 3.05) is 13.2 Å². The molecule has 3 heterocycles. The van der Waals surface area contributed by atoms with Gasteiger partial charge in [0.2, 0.25) is 5.96 Å². The fourth-order valence-electron chi connectivity index (χ4n) is 3.00. The first-order valence-corrected chi connectivity index (χ1v) is 8.05. The third kappa shape index (κ3) is 2.95. The Bertz CT molecular complexity index is 795. The van der Waals surface area contributed by atoms with Crippen LogP contribution >= 0.6 is 0 Å². The average molecular weight is 330 g/mol. The molecule has 0 bridgehead atoms. The van der Waals surface area contributed by atoms with Gasteiger partial charge in [-0.1, -0.05) is 0 Å². The second kappa shape index (κ2) is 6.39. The van der Waals surface area contributed by atoms with Crippen LogP contribution in [0.2, 0.25) is 0 Å². The van der Waals surface area contributed by atoms with E-state index in [1.54, 1.807) is 23.2 Å². The highest BCUT2D eigenvalue weighted by molar-refractivity contribution is 5.98. The summed E-state index contributed by atoms with van der Waals surface area (Å²) in [5, 5.41) is 3.47. The topological polar surface area (TPSA) is 89.8 Å². The monoisotopic (exact) mass is 330 g/mol. The Hall–Kier alpha value is -2.16. The van der Waals surface area contributed by atoms with Gasteiger partial charge in [0.25, 0.3) is 0 Å². The number of rotatable bonds is 2. The molecule has 3 N–H and O–H groups in total. The number of nitrogens with two attached hydrogens (primary N) is 1. The van der Waals surface area contributed by atoms with Crippen LogP contribution in [0.15, 0.2) is 34.5 Å². The maximum atomic E-state index is 13.5. The largest absolute Gasteiger partial charge is 0.381 e. The van der Waals surface area contributed by atoms with Gasteiger partial charge < -0.3 is 10.5 Å². The lowest BCUT2D eigenvalue weighted by atomic mass is 10.1. The number of ether oxygens (including phenoxy) is 1. The smallest absolute Gasteiger partial charge is 0.232 e. The minimum atomic E-state index is -0.321. The molecule has 1 aromatic carbocycles. The van der Waals surface area contributed by atoms with Gasteiger partial charge in [-0.3, -0.25) is 9.88 Å². The second-order valence-corrected chi connectivity index (χ2v) is 6.03. The van der Waals surface area contributed by atoms with E-state index >= 15 is 0 Å². The molecular formula is C16H19FN6O. The number of aliphatic imine (C=N–C) groups is 2. The van der Waals surface area contributed by atoms with Crippen molar-refractivity contribution in [1.82, 2.24) is 14.9 Å². The van der Waals surface area contributed by atoms with Crippen LogP contribution < -0.4 is 11.1 Å². The summed E-state index contributed by atoms with van der Waals surface area (Å²) >= 11 is 0. The molecule has 0 aliphatic carbocycles. The van der Waals surface area contributed by atoms with Crippen molar-refractivity contribution in [1.29, 1.82) is 0 Å². The Labute approximate surface area is 138 Å². The summed E-state index contributed by atoms with van der Waals surface area (Å²) in [5.74, 6) is 0.132. The van der Waals surface area contributed by atoms with Crippen molar-refractivity contribution in [2.45, 2.75) is 31.1 Å². The fraction of sp³-hybridized carbons (Fsp3) is 0.438. The van der Waals surface area contributed by atoms with Crippen LogP contribution in [0.3, 0.4) is 0 Å². The number of hydrogen-bond donors (Lipinski definition) is 2. The number of halogens is 1. The summed E-state index contributed by atoms with van der Waals surface area (Å²) in [6.45, 7) is 1.49. The molecular weight excluding hydrogens is 311 g/mol. The van der Waals surface area contributed by atoms with Crippen LogP contribution in [-0.2, 0) is 4.74 Å². The van der Waals surface area contributed by atoms with Gasteiger partial charge >= 0.3 is 0 Å². The van der Waals surface area contributed by atoms with Crippen molar-refractivity contribution in [3.05, 3.63) is 30.3 Å². The molecule has 0 spiro atoms. The zero-order chi connectivity index (χ0) is 16.5. The highest BCUT2D eigenvalue weighted by Gasteiger charge is 2.25. The standard InChI is InChI=1S/C16H19FN6O/c17-10-1-2-13-14(7-10)23(9-20-13)16-19-8-12(18)15(22-16)21-11-3-5-24-6-4-11/h1-2,7-9,11-12,15,21H,3-6,18H2. The highest BCUT2D eigenvalue weighted by Crippen LogP contribution is 2.16. The predicted octanol–water partition coefficient (Wildman–Crippen LogP) is 0.886. The molecule has 2 aliphatic heterocycles. The summed E-state index contributed by atoms with van der Waals surface area (Å²) in [7, 11) is 0. The predicted molar refractivity (Wildman–Crippen MR) is 89.8 cm³/mol. The van der Waals surface area contributed by atoms with E-state index in [1.165, 1.54) is 12.1 Å². The summed E-state index contributed by atoms with van der Waals surface area (Å²) in [4.78, 5) is 13.2. The Morgan fingerprint density at radius 1 is 1.29 bits per heavy atom. The van der Waals surface area contributed by atoms with Crippen LogP contribution in [0.1, 0.15) is 12.8 Å². The van der Waals surface area contributed by atoms with Gasteiger partial charge in [-0.2, -0.15) is 0 Å². The summed E-state index contributed by atoms with van der Waals surface area (Å²) in [6, 6.07) is 4.47. The fourth-order valence-corrected chi connectivity index (χ4v) is 3.00. The molecule has 7 nitrogen and oxygen atoms in total. The molecule has 2 unspecified atom stereocenters. The van der Waals surface area contributed by atoms with E-state index in [0.717, 1.165) is 26.1 Å². The molecule has 0 radical (unpaired) electrons. The zero-order valence-corrected chi connectivity index (χ0v) is 13.1. The molecule has 126 valence electrons. The van der Waals surface area contributed by atoms with Gasteiger partial charge in [-0.15, -0.1) is 0 Å². The third-order valence-electron chi connectivity index (χ3n) is 4.33. The maximum Gasteiger partial charge on any atom is 0.232 e. The van der Waals surface area contributed by atoms with Crippen molar-refractivity contribution < 1.29 is 9.13 Å². The lowest BCUT2D eigenvalue weighted by molar-refractivity contribution is 0.0749. The lowest BCUT2D eigenvalue weighted by Crippen LogP contribution is -2.52. The number of imidazole rings is 1. The molecule has 0 saturated carbocycles. The number of hydrogen-bond acceptors (Lipinski definition) is 6. The van der Waals surface area contributed by atoms with Crippen LogP contribution in [0.4, 0.5) is 4.39 Å². The summed E-state index contributed by atoms with van der Waals surface area (Å²) in [6.07, 6.45) is 4.87. The molecule has 1 saturated heterocycles. The van der Waals surface area contributed by atoms with Gasteiger partial charge in [-0.25, -0.2) is 19.4 Å². The molecule has 24 heavy (non-hydrogen) atoms. The molecule has 2 aromatic rings. The molecule has 2 aliphatic rings. The van der Waals surface area contributed by atoms with E-state index in [2.05, 4.69) is 20.3 Å². The highest BCUT2D eigenvalue weighted by atomic mass is 19.1. The van der Waals surface area contributed by atoms with E-state index < -0.39 is 0 Å². The number of benzene rings is 1. The minimum Gasteiger partial charge on any atom is -0.381 e. The Morgan fingerprint density at radius 3 is 2.96 bits per heavy atom. The molecule has 1 fully saturated rings. The molecule has 0 amide bonds. The zero-order valence-electron chi connectivity index (χ0n) is 13.1. The quantitative estimate of drug-likeness (QED) is 0.855. The van der Waals surface area contributed by atoms with Crippen molar-refractivity contribution in [3.63, 3.8) is 0 Å². The molecule has 1 aromatic heterocycles. The lowest BCUT2D eigenvalue weighted by Gasteiger charge is -2.30. The van der Waals surface area contributed by atoms with Crippen LogP contribution in [0.5, 0.6) is 0 Å². The number of nitrogens with zero attached hydrogens (tertiary/aromatic N) is 4. The molecule has 4 rings (SSSR count). The summed E-state index contributed by atoms with van der Waals surface area (Å²) < 4.78 is 20.6. The number of aromatic nitrogens is 2. The minimum absolute atomic E-state index is 0.272. The first kappa shape index (κ1) is 15.4. The SMILES string of the molecule is NC1C=NC(n2cnc3ccc(F)cc32)=NC1NC1CCOCC1. The Kier molecular flexibility index (Phi) is 4.09. The van der Waals surface area contributed by atoms with E-state index in [1.807, 2.05) is 0 Å². The van der Waals surface area contributed by atoms with E-state index in [-0.39, 0.29) is 18.0 Å². The van der Waals surface area contributed by atoms with Gasteiger partial charge in [0.1, 0.15) is 18.3 Å². The van der Waals surface area contributed by atoms with E-state index in [9.17, 15) is 4.39 Å². The normalized spacial score (nSPS) is 25.2. The van der Waals surface area contributed by atoms with E-state index in [4.69, 9.17) is 10.5 Å². The Balaban J connectivity index is 1.62. The van der Waals surface area contributed by atoms with Crippen LogP contribution in [0.25, 0.3) is 11.0 Å². The summed E-state index contributed by atoms with van der Waals surface area (Å²) in [5.41, 5.74) is 7.44. The van der Waals surface area contributed by atoms with Crippen LogP contribution in [-0.4, -0.2) is 53.2 Å². The van der Waals surface area contributed by atoms with Crippen molar-refractivity contribution in [2.24, 2.45) is 15.7 Å². The first-order chi connectivity index (χ1) is 11.7. The third-order valence-corrected chi connectivity index (χ3v) is 4.33. The van der Waals surface area contributed by atoms with E-state index in [0.29, 0.717) is 23.0 Å². The van der Waals surface area contributed by atoms with Gasteiger partial charge in [-0.05, 0) is 25.0 Å². The second-order valence-electron chi connectivity index (χ2n) is 6.03. The first-order valence-electron chi connectivity index (χ1n) is 8.05.